The number of nitrogens with zero attached hydrogens (tertiary/aromatic N) is 6. The van der Waals surface area contributed by atoms with E-state index >= 15 is 0 Å². The number of amides is 2. The molecular weight excluding hydrogens is 516 g/mol. The van der Waals surface area contributed by atoms with E-state index in [1.165, 1.54) is 5.56 Å². The van der Waals surface area contributed by atoms with Crippen LogP contribution in [0.1, 0.15) is 88.1 Å². The van der Waals surface area contributed by atoms with Gasteiger partial charge in [-0.05, 0) is 48.6 Å². The molecule has 41 heavy (non-hydrogen) atoms. The summed E-state index contributed by atoms with van der Waals surface area (Å²) in [7, 11) is 0. The summed E-state index contributed by atoms with van der Waals surface area (Å²) in [6.07, 6.45) is 8.94. The first-order chi connectivity index (χ1) is 19.9. The Bertz CT molecular complexity index is 1310. The molecule has 2 amide bonds. The zero-order valence-electron chi connectivity index (χ0n) is 24.5. The number of carbonyl (C=O) groups excluding carboxylic acids is 2. The second kappa shape index (κ2) is 13.4. The van der Waals surface area contributed by atoms with Crippen molar-refractivity contribution >= 4 is 17.5 Å². The predicted octanol–water partition coefficient (Wildman–Crippen LogP) is 5.12. The Kier molecular flexibility index (Phi) is 9.44. The second-order valence-electron chi connectivity index (χ2n) is 11.6. The first kappa shape index (κ1) is 28.9. The van der Waals surface area contributed by atoms with Gasteiger partial charge in [-0.2, -0.15) is 4.98 Å². The van der Waals surface area contributed by atoms with E-state index in [0.29, 0.717) is 56.7 Å². The third-order valence-corrected chi connectivity index (χ3v) is 8.40. The van der Waals surface area contributed by atoms with Gasteiger partial charge in [0.1, 0.15) is 0 Å². The number of hydrogen-bond acceptors (Lipinski definition) is 7. The van der Waals surface area contributed by atoms with Gasteiger partial charge in [-0.25, -0.2) is 0 Å². The lowest BCUT2D eigenvalue weighted by atomic mass is 9.92. The lowest BCUT2D eigenvalue weighted by Gasteiger charge is -2.44. The van der Waals surface area contributed by atoms with E-state index in [1.807, 2.05) is 61.2 Å². The molecule has 2 aromatic heterocycles. The first-order valence-electron chi connectivity index (χ1n) is 15.1. The maximum absolute atomic E-state index is 13.9. The maximum atomic E-state index is 13.9. The number of para-hydroxylation sites is 1. The molecule has 2 aliphatic heterocycles. The third kappa shape index (κ3) is 7.01. The van der Waals surface area contributed by atoms with E-state index in [1.54, 1.807) is 0 Å². The van der Waals surface area contributed by atoms with Crippen LogP contribution in [-0.4, -0.2) is 61.9 Å². The molecule has 9 nitrogen and oxygen atoms in total. The fourth-order valence-electron chi connectivity index (χ4n) is 6.13. The topological polar surface area (TPSA) is 95.7 Å². The lowest BCUT2D eigenvalue weighted by Crippen LogP contribution is -2.52. The van der Waals surface area contributed by atoms with Gasteiger partial charge in [0.2, 0.25) is 17.7 Å². The standard InChI is InChI=1S/C32H42N6O3/c1-4-30(39)37-19-16-26-9-7-10-27(38(26)20-24-14-17-33-18-15-24)22-36(21-25-8-5-6-11-28(25)37)31(40)13-12-29-34-32(23(2)3)35-41-29/h5-6,8,11,14-15,17-18,23,26-27H,4,7,9-10,12-13,16,19-22H2,1-3H3. The number of benzene rings is 1. The molecule has 0 spiro atoms. The van der Waals surface area contributed by atoms with E-state index in [9.17, 15) is 9.59 Å². The third-order valence-electron chi connectivity index (χ3n) is 8.40. The first-order valence-corrected chi connectivity index (χ1v) is 15.1. The summed E-state index contributed by atoms with van der Waals surface area (Å²) in [5, 5.41) is 4.06. The van der Waals surface area contributed by atoms with Gasteiger partial charge in [-0.1, -0.05) is 50.5 Å². The number of aryl methyl sites for hydroxylation is 1. The highest BCUT2D eigenvalue weighted by Gasteiger charge is 2.34. The van der Waals surface area contributed by atoms with Gasteiger partial charge in [-0.3, -0.25) is 19.5 Å². The van der Waals surface area contributed by atoms with E-state index in [2.05, 4.69) is 38.2 Å². The molecule has 0 N–H and O–H groups in total. The van der Waals surface area contributed by atoms with Crippen molar-refractivity contribution in [2.45, 2.75) is 96.8 Å². The molecule has 1 aromatic carbocycles. The average Bonchev–Trinajstić information content (AvgIpc) is 3.47. The number of aromatic nitrogens is 3. The van der Waals surface area contributed by atoms with Crippen LogP contribution in [0.25, 0.3) is 0 Å². The summed E-state index contributed by atoms with van der Waals surface area (Å²) in [5.41, 5.74) is 3.12. The number of hydrogen-bond donors (Lipinski definition) is 0. The van der Waals surface area contributed by atoms with Crippen LogP contribution in [0.3, 0.4) is 0 Å². The Morgan fingerprint density at radius 1 is 1.02 bits per heavy atom. The van der Waals surface area contributed by atoms with Gasteiger partial charge in [0.15, 0.2) is 5.82 Å². The van der Waals surface area contributed by atoms with Gasteiger partial charge in [0, 0.05) is 81.5 Å². The second-order valence-corrected chi connectivity index (χ2v) is 11.6. The van der Waals surface area contributed by atoms with E-state index in [4.69, 9.17) is 4.52 Å². The van der Waals surface area contributed by atoms with Crippen molar-refractivity contribution in [3.63, 3.8) is 0 Å². The van der Waals surface area contributed by atoms with Gasteiger partial charge in [-0.15, -0.1) is 0 Å². The molecule has 1 fully saturated rings. The van der Waals surface area contributed by atoms with Crippen LogP contribution in [0, 0.1) is 0 Å². The number of pyridine rings is 1. The average molecular weight is 559 g/mol. The fourth-order valence-corrected chi connectivity index (χ4v) is 6.13. The van der Waals surface area contributed by atoms with Crippen molar-refractivity contribution in [2.24, 2.45) is 0 Å². The van der Waals surface area contributed by atoms with Gasteiger partial charge in [0.25, 0.3) is 0 Å². The Hall–Kier alpha value is -3.59. The molecule has 2 atom stereocenters. The molecular formula is C32H42N6O3. The van der Waals surface area contributed by atoms with Crippen LogP contribution in [-0.2, 0) is 29.1 Å². The normalized spacial score (nSPS) is 20.0. The van der Waals surface area contributed by atoms with Crippen LogP contribution in [0.15, 0.2) is 53.3 Å². The van der Waals surface area contributed by atoms with Crippen LogP contribution in [0.4, 0.5) is 5.69 Å². The molecule has 0 saturated carbocycles. The minimum atomic E-state index is 0.0581. The number of carbonyl (C=O) groups is 2. The van der Waals surface area contributed by atoms with Crippen molar-refractivity contribution < 1.29 is 14.1 Å². The smallest absolute Gasteiger partial charge is 0.227 e. The molecule has 5 rings (SSSR count). The molecule has 4 heterocycles. The summed E-state index contributed by atoms with van der Waals surface area (Å²) in [6, 6.07) is 12.7. The fraction of sp³-hybridized carbons (Fsp3) is 0.531. The van der Waals surface area contributed by atoms with Gasteiger partial charge >= 0.3 is 0 Å². The lowest BCUT2D eigenvalue weighted by molar-refractivity contribution is -0.133. The van der Waals surface area contributed by atoms with Crippen molar-refractivity contribution in [2.75, 3.05) is 18.0 Å². The molecule has 0 aliphatic carbocycles. The van der Waals surface area contributed by atoms with Crippen molar-refractivity contribution in [1.82, 2.24) is 24.9 Å². The van der Waals surface area contributed by atoms with E-state index < -0.39 is 0 Å². The van der Waals surface area contributed by atoms with Crippen LogP contribution in [0.2, 0.25) is 0 Å². The highest BCUT2D eigenvalue weighted by Crippen LogP contribution is 2.32. The zero-order chi connectivity index (χ0) is 28.8. The van der Waals surface area contributed by atoms with Gasteiger partial charge in [0.05, 0.1) is 0 Å². The van der Waals surface area contributed by atoms with Crippen LogP contribution >= 0.6 is 0 Å². The molecule has 218 valence electrons. The van der Waals surface area contributed by atoms with Crippen LogP contribution in [0.5, 0.6) is 0 Å². The molecule has 0 radical (unpaired) electrons. The predicted molar refractivity (Wildman–Crippen MR) is 157 cm³/mol. The maximum Gasteiger partial charge on any atom is 0.227 e. The monoisotopic (exact) mass is 558 g/mol. The Balaban J connectivity index is 1.46. The zero-order valence-corrected chi connectivity index (χ0v) is 24.5. The van der Waals surface area contributed by atoms with Crippen LogP contribution < -0.4 is 4.90 Å². The Morgan fingerprint density at radius 3 is 2.56 bits per heavy atom. The molecule has 1 saturated heterocycles. The molecule has 9 heteroatoms. The Labute approximate surface area is 242 Å². The highest BCUT2D eigenvalue weighted by atomic mass is 16.5. The quantitative estimate of drug-likeness (QED) is 0.397. The number of anilines is 1. The molecule has 3 aromatic rings. The van der Waals surface area contributed by atoms with E-state index in [0.717, 1.165) is 43.5 Å². The summed E-state index contributed by atoms with van der Waals surface area (Å²) in [5.74, 6) is 1.50. The minimum Gasteiger partial charge on any atom is -0.339 e. The summed E-state index contributed by atoms with van der Waals surface area (Å²) in [6.45, 7) is 8.51. The van der Waals surface area contributed by atoms with Crippen molar-refractivity contribution in [3.8, 4) is 0 Å². The summed E-state index contributed by atoms with van der Waals surface area (Å²) in [4.78, 5) is 42.3. The summed E-state index contributed by atoms with van der Waals surface area (Å²) < 4.78 is 5.43. The largest absolute Gasteiger partial charge is 0.339 e. The molecule has 2 bridgehead atoms. The molecule has 2 aliphatic rings. The Morgan fingerprint density at radius 2 is 1.80 bits per heavy atom. The summed E-state index contributed by atoms with van der Waals surface area (Å²) >= 11 is 0. The van der Waals surface area contributed by atoms with Gasteiger partial charge < -0.3 is 14.3 Å². The number of rotatable bonds is 7. The highest BCUT2D eigenvalue weighted by molar-refractivity contribution is 5.94. The van der Waals surface area contributed by atoms with E-state index in [-0.39, 0.29) is 23.8 Å². The molecule has 2 unspecified atom stereocenters. The van der Waals surface area contributed by atoms with Crippen molar-refractivity contribution in [3.05, 3.63) is 71.6 Å². The van der Waals surface area contributed by atoms with Crippen molar-refractivity contribution in [1.29, 1.82) is 0 Å². The number of fused-ring (bicyclic) bond motifs is 3. The minimum absolute atomic E-state index is 0.0581. The SMILES string of the molecule is CCC(=O)N1CCC2CCCC(CN(C(=O)CCc3nc(C(C)C)no3)Cc3ccccc31)N2Cc1ccncc1. The number of piperidine rings is 1.